The molecule has 116 valence electrons. The predicted octanol–water partition coefficient (Wildman–Crippen LogP) is 3.38. The summed E-state index contributed by atoms with van der Waals surface area (Å²) in [4.78, 5) is 14.5. The van der Waals surface area contributed by atoms with Gasteiger partial charge in [-0.25, -0.2) is 0 Å². The van der Waals surface area contributed by atoms with Crippen LogP contribution in [-0.4, -0.2) is 37.0 Å². The average molecular weight is 329 g/mol. The number of benzene rings is 1. The van der Waals surface area contributed by atoms with Crippen LogP contribution >= 0.6 is 23.2 Å². The Labute approximate surface area is 136 Å². The summed E-state index contributed by atoms with van der Waals surface area (Å²) in [5.41, 5.74) is 0.976. The monoisotopic (exact) mass is 328 g/mol. The van der Waals surface area contributed by atoms with Gasteiger partial charge in [0.1, 0.15) is 0 Å². The molecular weight excluding hydrogens is 307 g/mol. The zero-order valence-electron chi connectivity index (χ0n) is 12.5. The van der Waals surface area contributed by atoms with E-state index in [4.69, 9.17) is 23.2 Å². The minimum atomic E-state index is -0.0701. The van der Waals surface area contributed by atoms with Crippen molar-refractivity contribution in [3.05, 3.63) is 33.8 Å². The Morgan fingerprint density at radius 2 is 2.24 bits per heavy atom. The Bertz CT molecular complexity index is 507. The predicted molar refractivity (Wildman–Crippen MR) is 88.0 cm³/mol. The van der Waals surface area contributed by atoms with Crippen molar-refractivity contribution in [1.29, 1.82) is 0 Å². The lowest BCUT2D eigenvalue weighted by molar-refractivity contribution is -0.136. The highest BCUT2D eigenvalue weighted by Crippen LogP contribution is 2.24. The van der Waals surface area contributed by atoms with E-state index >= 15 is 0 Å². The summed E-state index contributed by atoms with van der Waals surface area (Å²) < 4.78 is 0. The number of carbonyl (C=O) groups is 1. The van der Waals surface area contributed by atoms with Crippen LogP contribution in [0.1, 0.15) is 25.3 Å². The summed E-state index contributed by atoms with van der Waals surface area (Å²) in [7, 11) is 1.95. The topological polar surface area (TPSA) is 32.3 Å². The number of likely N-dealkylation sites (N-methyl/N-ethyl adjacent to an activating group) is 1. The number of nitrogens with one attached hydrogen (secondary N) is 1. The van der Waals surface area contributed by atoms with Crippen LogP contribution in [0.15, 0.2) is 18.2 Å². The number of amides is 1. The molecule has 2 rings (SSSR count). The van der Waals surface area contributed by atoms with E-state index in [0.717, 1.165) is 31.5 Å². The second-order valence-electron chi connectivity index (χ2n) is 5.75. The summed E-state index contributed by atoms with van der Waals surface area (Å²) in [6.45, 7) is 3.62. The molecular formula is C16H22Cl2N2O. The van der Waals surface area contributed by atoms with Gasteiger partial charge in [-0.3, -0.25) is 4.79 Å². The van der Waals surface area contributed by atoms with Gasteiger partial charge in [0.25, 0.3) is 0 Å². The van der Waals surface area contributed by atoms with Crippen LogP contribution < -0.4 is 5.32 Å². The standard InChI is InChI=1S/C16H22Cl2N2O/c1-11(8-12-5-6-13(17)9-15(12)18)16(21)20-7-3-4-14(10-20)19-2/h5-6,9,11,14,19H,3-4,7-8,10H2,1-2H3. The first kappa shape index (κ1) is 16.6. The summed E-state index contributed by atoms with van der Waals surface area (Å²) in [6, 6.07) is 5.86. The molecule has 2 atom stereocenters. The van der Waals surface area contributed by atoms with Crippen LogP contribution in [0.25, 0.3) is 0 Å². The normalized spacial score (nSPS) is 20.4. The molecule has 1 heterocycles. The Morgan fingerprint density at radius 3 is 2.90 bits per heavy atom. The maximum absolute atomic E-state index is 12.6. The first-order valence-corrected chi connectivity index (χ1v) is 8.17. The van der Waals surface area contributed by atoms with Gasteiger partial charge in [-0.2, -0.15) is 0 Å². The maximum atomic E-state index is 12.6. The molecule has 1 aliphatic rings. The van der Waals surface area contributed by atoms with Crippen molar-refractivity contribution in [3.63, 3.8) is 0 Å². The van der Waals surface area contributed by atoms with Crippen molar-refractivity contribution in [1.82, 2.24) is 10.2 Å². The summed E-state index contributed by atoms with van der Waals surface area (Å²) in [5, 5.41) is 4.52. The number of piperidine rings is 1. The molecule has 1 aromatic carbocycles. The first-order chi connectivity index (χ1) is 10.0. The number of carbonyl (C=O) groups excluding carboxylic acids is 1. The minimum Gasteiger partial charge on any atom is -0.341 e. The smallest absolute Gasteiger partial charge is 0.225 e. The molecule has 0 spiro atoms. The van der Waals surface area contributed by atoms with Crippen molar-refractivity contribution in [2.24, 2.45) is 5.92 Å². The second kappa shape index (κ2) is 7.48. The Kier molecular flexibility index (Phi) is 5.91. The summed E-state index contributed by atoms with van der Waals surface area (Å²) in [5.74, 6) is 0.139. The Balaban J connectivity index is 1.99. The highest BCUT2D eigenvalue weighted by Gasteiger charge is 2.26. The molecule has 1 amide bonds. The van der Waals surface area contributed by atoms with Crippen LogP contribution in [0.5, 0.6) is 0 Å². The van der Waals surface area contributed by atoms with E-state index in [1.807, 2.05) is 31.0 Å². The van der Waals surface area contributed by atoms with Crippen LogP contribution in [0.3, 0.4) is 0 Å². The molecule has 1 aromatic rings. The molecule has 5 heteroatoms. The molecule has 1 aliphatic heterocycles. The van der Waals surface area contributed by atoms with E-state index in [0.29, 0.717) is 22.5 Å². The van der Waals surface area contributed by atoms with Crippen molar-refractivity contribution in [3.8, 4) is 0 Å². The lowest BCUT2D eigenvalue weighted by Crippen LogP contribution is -2.48. The van der Waals surface area contributed by atoms with Crippen LogP contribution in [0.4, 0.5) is 0 Å². The first-order valence-electron chi connectivity index (χ1n) is 7.41. The molecule has 3 nitrogen and oxygen atoms in total. The van der Waals surface area contributed by atoms with Crippen molar-refractivity contribution >= 4 is 29.1 Å². The van der Waals surface area contributed by atoms with E-state index < -0.39 is 0 Å². The molecule has 21 heavy (non-hydrogen) atoms. The maximum Gasteiger partial charge on any atom is 0.225 e. The Hall–Kier alpha value is -0.770. The van der Waals surface area contributed by atoms with Crippen LogP contribution in [0.2, 0.25) is 10.0 Å². The van der Waals surface area contributed by atoms with Gasteiger partial charge >= 0.3 is 0 Å². The van der Waals surface area contributed by atoms with Crippen LogP contribution in [-0.2, 0) is 11.2 Å². The zero-order chi connectivity index (χ0) is 15.4. The lowest BCUT2D eigenvalue weighted by Gasteiger charge is -2.34. The minimum absolute atomic E-state index is 0.0701. The van der Waals surface area contributed by atoms with E-state index in [1.165, 1.54) is 0 Å². The third-order valence-electron chi connectivity index (χ3n) is 4.10. The number of halogens is 2. The quantitative estimate of drug-likeness (QED) is 0.918. The zero-order valence-corrected chi connectivity index (χ0v) is 14.0. The number of likely N-dealkylation sites (tertiary alicyclic amines) is 1. The molecule has 2 unspecified atom stereocenters. The molecule has 1 fully saturated rings. The van der Waals surface area contributed by atoms with E-state index in [1.54, 1.807) is 6.07 Å². The van der Waals surface area contributed by atoms with Crippen molar-refractivity contribution in [2.45, 2.75) is 32.2 Å². The highest BCUT2D eigenvalue weighted by molar-refractivity contribution is 6.35. The molecule has 0 bridgehead atoms. The number of nitrogens with zero attached hydrogens (tertiary/aromatic N) is 1. The van der Waals surface area contributed by atoms with Gasteiger partial charge in [-0.15, -0.1) is 0 Å². The van der Waals surface area contributed by atoms with Gasteiger partial charge in [0.2, 0.25) is 5.91 Å². The highest BCUT2D eigenvalue weighted by atomic mass is 35.5. The number of hydrogen-bond donors (Lipinski definition) is 1. The largest absolute Gasteiger partial charge is 0.341 e. The molecule has 0 radical (unpaired) electrons. The van der Waals surface area contributed by atoms with Gasteiger partial charge in [-0.05, 0) is 44.0 Å². The third kappa shape index (κ3) is 4.35. The Morgan fingerprint density at radius 1 is 1.48 bits per heavy atom. The van der Waals surface area contributed by atoms with Crippen LogP contribution in [0, 0.1) is 5.92 Å². The van der Waals surface area contributed by atoms with Crippen molar-refractivity contribution in [2.75, 3.05) is 20.1 Å². The van der Waals surface area contributed by atoms with Gasteiger partial charge in [0, 0.05) is 35.1 Å². The van der Waals surface area contributed by atoms with Gasteiger partial charge in [-0.1, -0.05) is 36.2 Å². The number of rotatable bonds is 4. The second-order valence-corrected chi connectivity index (χ2v) is 6.60. The molecule has 0 aliphatic carbocycles. The average Bonchev–Trinajstić information content (AvgIpc) is 2.49. The van der Waals surface area contributed by atoms with E-state index in [9.17, 15) is 4.79 Å². The molecule has 0 saturated carbocycles. The summed E-state index contributed by atoms with van der Waals surface area (Å²) in [6.07, 6.45) is 2.85. The molecule has 1 N–H and O–H groups in total. The van der Waals surface area contributed by atoms with Gasteiger partial charge < -0.3 is 10.2 Å². The third-order valence-corrected chi connectivity index (χ3v) is 4.69. The van der Waals surface area contributed by atoms with E-state index in [-0.39, 0.29) is 11.8 Å². The molecule has 1 saturated heterocycles. The van der Waals surface area contributed by atoms with E-state index in [2.05, 4.69) is 5.32 Å². The van der Waals surface area contributed by atoms with Crippen molar-refractivity contribution < 1.29 is 4.79 Å². The fourth-order valence-electron chi connectivity index (χ4n) is 2.83. The van der Waals surface area contributed by atoms with Gasteiger partial charge in [0.15, 0.2) is 0 Å². The fourth-order valence-corrected chi connectivity index (χ4v) is 3.31. The summed E-state index contributed by atoms with van der Waals surface area (Å²) >= 11 is 12.1. The molecule has 0 aromatic heterocycles. The number of hydrogen-bond acceptors (Lipinski definition) is 2. The fraction of sp³-hybridized carbons (Fsp3) is 0.562. The van der Waals surface area contributed by atoms with Gasteiger partial charge in [0.05, 0.1) is 0 Å². The SMILES string of the molecule is CNC1CCCN(C(=O)C(C)Cc2ccc(Cl)cc2Cl)C1. The lowest BCUT2D eigenvalue weighted by atomic mass is 9.97.